The summed E-state index contributed by atoms with van der Waals surface area (Å²) in [6.07, 6.45) is 2.94. The van der Waals surface area contributed by atoms with Gasteiger partial charge in [-0.1, -0.05) is 20.3 Å². The van der Waals surface area contributed by atoms with E-state index in [0.717, 1.165) is 24.8 Å². The van der Waals surface area contributed by atoms with Gasteiger partial charge in [-0.2, -0.15) is 4.31 Å². The highest BCUT2D eigenvalue weighted by Crippen LogP contribution is 2.36. The molecule has 2 N–H and O–H groups in total. The van der Waals surface area contributed by atoms with Crippen LogP contribution in [0.2, 0.25) is 0 Å². The number of piperidine rings is 1. The first-order chi connectivity index (χ1) is 9.27. The third-order valence-electron chi connectivity index (χ3n) is 4.49. The van der Waals surface area contributed by atoms with Crippen molar-refractivity contribution in [1.82, 2.24) is 4.31 Å². The van der Waals surface area contributed by atoms with Crippen molar-refractivity contribution in [2.24, 2.45) is 5.41 Å². The van der Waals surface area contributed by atoms with E-state index in [-0.39, 0.29) is 5.41 Å². The van der Waals surface area contributed by atoms with Gasteiger partial charge in [-0.15, -0.1) is 0 Å². The lowest BCUT2D eigenvalue weighted by Crippen LogP contribution is -2.41. The number of nitrogens with zero attached hydrogens (tertiary/aromatic N) is 1. The fraction of sp³-hybridized carbons (Fsp3) is 0.600. The van der Waals surface area contributed by atoms with Crippen molar-refractivity contribution in [2.45, 2.75) is 44.9 Å². The van der Waals surface area contributed by atoms with Gasteiger partial charge in [0.15, 0.2) is 0 Å². The first-order valence-corrected chi connectivity index (χ1v) is 8.58. The van der Waals surface area contributed by atoms with Crippen molar-refractivity contribution >= 4 is 15.7 Å². The summed E-state index contributed by atoms with van der Waals surface area (Å²) in [4.78, 5) is 0.315. The van der Waals surface area contributed by atoms with Gasteiger partial charge in [0.05, 0.1) is 4.90 Å². The molecular weight excluding hydrogens is 272 g/mol. The molecule has 112 valence electrons. The molecule has 1 aromatic carbocycles. The van der Waals surface area contributed by atoms with Gasteiger partial charge >= 0.3 is 0 Å². The fourth-order valence-electron chi connectivity index (χ4n) is 2.69. The average molecular weight is 296 g/mol. The van der Waals surface area contributed by atoms with Crippen molar-refractivity contribution in [3.05, 3.63) is 23.8 Å². The number of hydrogen-bond donors (Lipinski definition) is 1. The molecular formula is C15H24N2O2S. The minimum atomic E-state index is -3.41. The Morgan fingerprint density at radius 3 is 2.35 bits per heavy atom. The van der Waals surface area contributed by atoms with Crippen molar-refractivity contribution < 1.29 is 8.42 Å². The van der Waals surface area contributed by atoms with E-state index in [2.05, 4.69) is 13.8 Å². The molecule has 1 saturated heterocycles. The van der Waals surface area contributed by atoms with Gasteiger partial charge < -0.3 is 5.73 Å². The van der Waals surface area contributed by atoms with Crippen LogP contribution in [-0.2, 0) is 10.0 Å². The predicted octanol–water partition coefficient (Wildman–Crippen LogP) is 2.78. The zero-order valence-electron chi connectivity index (χ0n) is 12.5. The topological polar surface area (TPSA) is 63.4 Å². The molecule has 1 fully saturated rings. The zero-order valence-corrected chi connectivity index (χ0v) is 13.3. The van der Waals surface area contributed by atoms with Crippen LogP contribution in [-0.4, -0.2) is 25.8 Å². The summed E-state index contributed by atoms with van der Waals surface area (Å²) in [5, 5.41) is 0. The lowest BCUT2D eigenvalue weighted by Gasteiger charge is -2.38. The minimum Gasteiger partial charge on any atom is -0.399 e. The summed E-state index contributed by atoms with van der Waals surface area (Å²) < 4.78 is 26.9. The second-order valence-electron chi connectivity index (χ2n) is 6.15. The standard InChI is InChI=1S/C15H24N2O2S/c1-4-15(3)5-7-17(8-6-15)20(18,19)14-10-12(2)9-13(16)11-14/h9-11H,4-8,16H2,1-3H3. The number of rotatable bonds is 3. The molecule has 0 saturated carbocycles. The maximum Gasteiger partial charge on any atom is 0.243 e. The van der Waals surface area contributed by atoms with E-state index in [1.165, 1.54) is 0 Å². The first-order valence-electron chi connectivity index (χ1n) is 7.14. The Bertz CT molecular complexity index is 568. The number of benzene rings is 1. The van der Waals surface area contributed by atoms with Gasteiger partial charge in [0.1, 0.15) is 0 Å². The minimum absolute atomic E-state index is 0.275. The first kappa shape index (κ1) is 15.3. The number of sulfonamides is 1. The number of nitrogen functional groups attached to an aromatic ring is 1. The van der Waals surface area contributed by atoms with E-state index >= 15 is 0 Å². The molecule has 2 rings (SSSR count). The van der Waals surface area contributed by atoms with Crippen LogP contribution in [0.25, 0.3) is 0 Å². The molecule has 0 amide bonds. The molecule has 1 heterocycles. The van der Waals surface area contributed by atoms with E-state index in [0.29, 0.717) is 23.7 Å². The second-order valence-corrected chi connectivity index (χ2v) is 8.09. The smallest absolute Gasteiger partial charge is 0.243 e. The van der Waals surface area contributed by atoms with Crippen LogP contribution in [0.1, 0.15) is 38.7 Å². The van der Waals surface area contributed by atoms with Gasteiger partial charge in [-0.05, 0) is 48.9 Å². The number of anilines is 1. The lowest BCUT2D eigenvalue weighted by atomic mass is 9.79. The zero-order chi connectivity index (χ0) is 15.0. The van der Waals surface area contributed by atoms with E-state index < -0.39 is 10.0 Å². The van der Waals surface area contributed by atoms with Crippen molar-refractivity contribution in [1.29, 1.82) is 0 Å². The summed E-state index contributed by atoms with van der Waals surface area (Å²) in [6.45, 7) is 7.47. The van der Waals surface area contributed by atoms with Gasteiger partial charge in [0.2, 0.25) is 10.0 Å². The van der Waals surface area contributed by atoms with Crippen LogP contribution < -0.4 is 5.73 Å². The van der Waals surface area contributed by atoms with Crippen molar-refractivity contribution in [2.75, 3.05) is 18.8 Å². The highest BCUT2D eigenvalue weighted by molar-refractivity contribution is 7.89. The molecule has 0 aliphatic carbocycles. The predicted molar refractivity (Wildman–Crippen MR) is 82.0 cm³/mol. The molecule has 4 nitrogen and oxygen atoms in total. The molecule has 0 radical (unpaired) electrons. The fourth-order valence-corrected chi connectivity index (χ4v) is 4.28. The largest absolute Gasteiger partial charge is 0.399 e. The highest BCUT2D eigenvalue weighted by Gasteiger charge is 2.34. The SMILES string of the molecule is CCC1(C)CCN(S(=O)(=O)c2cc(C)cc(N)c2)CC1. The Morgan fingerprint density at radius 1 is 1.25 bits per heavy atom. The maximum atomic E-state index is 12.7. The maximum absolute atomic E-state index is 12.7. The molecule has 0 aromatic heterocycles. The average Bonchev–Trinajstić information content (AvgIpc) is 2.38. The summed E-state index contributed by atoms with van der Waals surface area (Å²) >= 11 is 0. The van der Waals surface area contributed by atoms with E-state index in [1.807, 2.05) is 6.92 Å². The third-order valence-corrected chi connectivity index (χ3v) is 6.37. The van der Waals surface area contributed by atoms with Crippen LogP contribution in [0.5, 0.6) is 0 Å². The Kier molecular flexibility index (Phi) is 4.12. The molecule has 20 heavy (non-hydrogen) atoms. The van der Waals surface area contributed by atoms with Crippen LogP contribution in [0.4, 0.5) is 5.69 Å². The van der Waals surface area contributed by atoms with Gasteiger partial charge in [0, 0.05) is 18.8 Å². The van der Waals surface area contributed by atoms with E-state index in [1.54, 1.807) is 22.5 Å². The molecule has 5 heteroatoms. The highest BCUT2D eigenvalue weighted by atomic mass is 32.2. The number of hydrogen-bond acceptors (Lipinski definition) is 3. The second kappa shape index (κ2) is 5.37. The van der Waals surface area contributed by atoms with Crippen LogP contribution in [0.3, 0.4) is 0 Å². The Hall–Kier alpha value is -1.07. The Balaban J connectivity index is 2.24. The number of nitrogens with two attached hydrogens (primary N) is 1. The summed E-state index contributed by atoms with van der Waals surface area (Å²) in [5.74, 6) is 0. The summed E-state index contributed by atoms with van der Waals surface area (Å²) in [6, 6.07) is 5.03. The van der Waals surface area contributed by atoms with Gasteiger partial charge in [-0.3, -0.25) is 0 Å². The Morgan fingerprint density at radius 2 is 1.85 bits per heavy atom. The monoisotopic (exact) mass is 296 g/mol. The van der Waals surface area contributed by atoms with Crippen molar-refractivity contribution in [3.8, 4) is 0 Å². The van der Waals surface area contributed by atoms with Crippen LogP contribution in [0.15, 0.2) is 23.1 Å². The molecule has 0 atom stereocenters. The van der Waals surface area contributed by atoms with Crippen LogP contribution in [0, 0.1) is 12.3 Å². The van der Waals surface area contributed by atoms with E-state index in [9.17, 15) is 8.42 Å². The van der Waals surface area contributed by atoms with Gasteiger partial charge in [0.25, 0.3) is 0 Å². The quantitative estimate of drug-likeness (QED) is 0.872. The normalized spacial score (nSPS) is 19.9. The van der Waals surface area contributed by atoms with E-state index in [4.69, 9.17) is 5.73 Å². The molecule has 0 unspecified atom stereocenters. The molecule has 0 spiro atoms. The Labute approximate surface area is 122 Å². The molecule has 1 aromatic rings. The lowest BCUT2D eigenvalue weighted by molar-refractivity contribution is 0.169. The van der Waals surface area contributed by atoms with Crippen molar-refractivity contribution in [3.63, 3.8) is 0 Å². The van der Waals surface area contributed by atoms with Crippen LogP contribution >= 0.6 is 0 Å². The molecule has 0 bridgehead atoms. The van der Waals surface area contributed by atoms with Gasteiger partial charge in [-0.25, -0.2) is 8.42 Å². The summed E-state index contributed by atoms with van der Waals surface area (Å²) in [7, 11) is -3.41. The third kappa shape index (κ3) is 2.99. The molecule has 1 aliphatic heterocycles. The molecule has 1 aliphatic rings. The summed E-state index contributed by atoms with van der Waals surface area (Å²) in [5.41, 5.74) is 7.42. The number of aryl methyl sites for hydroxylation is 1.